The molecule has 0 amide bonds. The fourth-order valence-corrected chi connectivity index (χ4v) is 4.17. The van der Waals surface area contributed by atoms with Crippen molar-refractivity contribution in [3.05, 3.63) is 53.1 Å². The summed E-state index contributed by atoms with van der Waals surface area (Å²) in [6, 6.07) is 14.6. The van der Waals surface area contributed by atoms with Gasteiger partial charge in [0.05, 0.1) is 5.52 Å². The molecule has 1 fully saturated rings. The van der Waals surface area contributed by atoms with Crippen LogP contribution < -0.4 is 4.90 Å². The first-order valence-corrected chi connectivity index (χ1v) is 11.1. The van der Waals surface area contributed by atoms with Gasteiger partial charge in [0.2, 0.25) is 0 Å². The van der Waals surface area contributed by atoms with Gasteiger partial charge >= 0.3 is 6.09 Å². The number of piperazine rings is 1. The molecule has 158 valence electrons. The molecule has 4 rings (SSSR count). The van der Waals surface area contributed by atoms with Gasteiger partial charge in [0, 0.05) is 53.5 Å². The van der Waals surface area contributed by atoms with Gasteiger partial charge in [-0.3, -0.25) is 4.57 Å². The van der Waals surface area contributed by atoms with Crippen LogP contribution in [-0.2, 0) is 4.74 Å². The summed E-state index contributed by atoms with van der Waals surface area (Å²) in [5.74, 6) is 0. The van der Waals surface area contributed by atoms with Crippen molar-refractivity contribution in [3.63, 3.8) is 0 Å². The lowest BCUT2D eigenvalue weighted by Gasteiger charge is -2.34. The van der Waals surface area contributed by atoms with Crippen molar-refractivity contribution in [2.45, 2.75) is 26.4 Å². The van der Waals surface area contributed by atoms with Gasteiger partial charge in [0.1, 0.15) is 5.60 Å². The van der Waals surface area contributed by atoms with E-state index in [1.807, 2.05) is 39.1 Å². The summed E-state index contributed by atoms with van der Waals surface area (Å²) in [5.41, 5.74) is 3.63. The molecule has 2 heterocycles. The molecule has 30 heavy (non-hydrogen) atoms. The summed E-state index contributed by atoms with van der Waals surface area (Å²) in [7, 11) is 2.17. The molecule has 0 spiro atoms. The smallest absolute Gasteiger partial charge is 0.419 e. The van der Waals surface area contributed by atoms with Crippen molar-refractivity contribution < 1.29 is 9.53 Å². The van der Waals surface area contributed by atoms with E-state index in [1.165, 1.54) is 5.69 Å². The van der Waals surface area contributed by atoms with Crippen molar-refractivity contribution in [1.29, 1.82) is 0 Å². The van der Waals surface area contributed by atoms with Gasteiger partial charge in [-0.2, -0.15) is 0 Å². The highest BCUT2D eigenvalue weighted by atomic mass is 79.9. The minimum absolute atomic E-state index is 0.366. The van der Waals surface area contributed by atoms with Crippen molar-refractivity contribution in [2.75, 3.05) is 38.1 Å². The van der Waals surface area contributed by atoms with Crippen molar-refractivity contribution in [1.82, 2.24) is 9.47 Å². The van der Waals surface area contributed by atoms with Crippen LogP contribution in [0.15, 0.2) is 53.1 Å². The molecule has 3 aromatic rings. The number of likely N-dealkylation sites (N-methyl/N-ethyl adjacent to an activating group) is 1. The first kappa shape index (κ1) is 20.9. The lowest BCUT2D eigenvalue weighted by molar-refractivity contribution is 0.0544. The van der Waals surface area contributed by atoms with Crippen LogP contribution in [0.5, 0.6) is 0 Å². The number of hydrogen-bond acceptors (Lipinski definition) is 4. The van der Waals surface area contributed by atoms with Crippen LogP contribution in [-0.4, -0.2) is 54.4 Å². The van der Waals surface area contributed by atoms with E-state index in [9.17, 15) is 4.79 Å². The molecule has 2 aromatic carbocycles. The number of rotatable bonds is 2. The Balaban J connectivity index is 1.70. The predicted molar refractivity (Wildman–Crippen MR) is 126 cm³/mol. The lowest BCUT2D eigenvalue weighted by atomic mass is 10.0. The van der Waals surface area contributed by atoms with Crippen LogP contribution in [0.1, 0.15) is 20.8 Å². The van der Waals surface area contributed by atoms with Crippen LogP contribution in [0.2, 0.25) is 0 Å². The Morgan fingerprint density at radius 2 is 1.67 bits per heavy atom. The molecule has 0 radical (unpaired) electrons. The average molecular weight is 470 g/mol. The van der Waals surface area contributed by atoms with Gasteiger partial charge in [-0.15, -0.1) is 0 Å². The maximum Gasteiger partial charge on any atom is 0.419 e. The van der Waals surface area contributed by atoms with Crippen LogP contribution in [0, 0.1) is 0 Å². The Morgan fingerprint density at radius 3 is 2.30 bits per heavy atom. The summed E-state index contributed by atoms with van der Waals surface area (Å²) in [6.07, 6.45) is 1.52. The Bertz CT molecular complexity index is 1060. The molecule has 1 saturated heterocycles. The number of hydrogen-bond donors (Lipinski definition) is 0. The van der Waals surface area contributed by atoms with Crippen molar-refractivity contribution >= 4 is 38.6 Å². The molecular formula is C24H28BrN3O2. The monoisotopic (exact) mass is 469 g/mol. The van der Waals surface area contributed by atoms with Crippen molar-refractivity contribution in [3.8, 4) is 11.1 Å². The number of aromatic nitrogens is 1. The quantitative estimate of drug-likeness (QED) is 0.488. The lowest BCUT2D eigenvalue weighted by Crippen LogP contribution is -2.44. The van der Waals surface area contributed by atoms with E-state index in [2.05, 4.69) is 63.1 Å². The summed E-state index contributed by atoms with van der Waals surface area (Å²) in [6.45, 7) is 9.89. The van der Waals surface area contributed by atoms with Gasteiger partial charge in [0.15, 0.2) is 0 Å². The molecule has 0 saturated carbocycles. The molecule has 0 aliphatic carbocycles. The number of carbonyl (C=O) groups excluding carboxylic acids is 1. The van der Waals surface area contributed by atoms with E-state index in [0.29, 0.717) is 0 Å². The largest absolute Gasteiger partial charge is 0.443 e. The van der Waals surface area contributed by atoms with Gasteiger partial charge < -0.3 is 14.5 Å². The third kappa shape index (κ3) is 4.40. The molecule has 0 N–H and O–H groups in total. The molecule has 0 unspecified atom stereocenters. The van der Waals surface area contributed by atoms with Crippen LogP contribution >= 0.6 is 15.9 Å². The molecule has 1 aromatic heterocycles. The molecule has 6 heteroatoms. The standard InChI is InChI=1S/C24H28BrN3O2/c1-24(2,3)30-23(29)28-16-21(20-15-18(25)7-10-22(20)28)17-5-8-19(9-6-17)27-13-11-26(4)12-14-27/h5-10,15-16H,11-14H2,1-4H3. The molecule has 0 bridgehead atoms. The molecule has 0 atom stereocenters. The highest BCUT2D eigenvalue weighted by Crippen LogP contribution is 2.34. The Morgan fingerprint density at radius 1 is 1.00 bits per heavy atom. The minimum atomic E-state index is -0.548. The van der Waals surface area contributed by atoms with E-state index < -0.39 is 5.60 Å². The third-order valence-corrected chi connectivity index (χ3v) is 5.90. The highest BCUT2D eigenvalue weighted by Gasteiger charge is 2.21. The fourth-order valence-electron chi connectivity index (χ4n) is 3.81. The van der Waals surface area contributed by atoms with Gasteiger partial charge in [-0.05, 0) is 63.7 Å². The number of nitrogens with zero attached hydrogens (tertiary/aromatic N) is 3. The van der Waals surface area contributed by atoms with E-state index in [-0.39, 0.29) is 6.09 Å². The zero-order valence-corrected chi connectivity index (χ0v) is 19.6. The van der Waals surface area contributed by atoms with Crippen LogP contribution in [0.25, 0.3) is 22.0 Å². The number of halogens is 1. The van der Waals surface area contributed by atoms with E-state index >= 15 is 0 Å². The third-order valence-electron chi connectivity index (χ3n) is 5.40. The normalized spacial score (nSPS) is 15.6. The minimum Gasteiger partial charge on any atom is -0.443 e. The average Bonchev–Trinajstić information content (AvgIpc) is 3.06. The Labute approximate surface area is 186 Å². The van der Waals surface area contributed by atoms with Gasteiger partial charge in [-0.25, -0.2) is 4.79 Å². The molecular weight excluding hydrogens is 442 g/mol. The first-order valence-electron chi connectivity index (χ1n) is 10.3. The van der Waals surface area contributed by atoms with Crippen LogP contribution in [0.4, 0.5) is 10.5 Å². The second-order valence-corrected chi connectivity index (χ2v) is 9.81. The maximum absolute atomic E-state index is 12.8. The number of fused-ring (bicyclic) bond motifs is 1. The molecule has 1 aliphatic heterocycles. The molecule has 5 nitrogen and oxygen atoms in total. The van der Waals surface area contributed by atoms with Crippen molar-refractivity contribution in [2.24, 2.45) is 0 Å². The van der Waals surface area contributed by atoms with E-state index in [4.69, 9.17) is 4.74 Å². The number of benzene rings is 2. The predicted octanol–water partition coefficient (Wildman–Crippen LogP) is 5.61. The maximum atomic E-state index is 12.8. The molecule has 1 aliphatic rings. The van der Waals surface area contributed by atoms with Gasteiger partial charge in [-0.1, -0.05) is 28.1 Å². The zero-order chi connectivity index (χ0) is 21.5. The number of carbonyl (C=O) groups is 1. The van der Waals surface area contributed by atoms with Gasteiger partial charge in [0.25, 0.3) is 0 Å². The second kappa shape index (κ2) is 8.08. The zero-order valence-electron chi connectivity index (χ0n) is 18.0. The summed E-state index contributed by atoms with van der Waals surface area (Å²) in [4.78, 5) is 17.6. The van der Waals surface area contributed by atoms with E-state index in [0.717, 1.165) is 52.7 Å². The second-order valence-electron chi connectivity index (χ2n) is 8.89. The number of ether oxygens (including phenoxy) is 1. The number of anilines is 1. The Hall–Kier alpha value is -2.31. The first-order chi connectivity index (χ1) is 14.2. The SMILES string of the molecule is CN1CCN(c2ccc(-c3cn(C(=O)OC(C)(C)C)c4ccc(Br)cc34)cc2)CC1. The summed E-state index contributed by atoms with van der Waals surface area (Å²) in [5, 5.41) is 1.02. The summed E-state index contributed by atoms with van der Waals surface area (Å²) < 4.78 is 8.21. The summed E-state index contributed by atoms with van der Waals surface area (Å²) >= 11 is 3.57. The topological polar surface area (TPSA) is 37.7 Å². The Kier molecular flexibility index (Phi) is 5.64. The fraction of sp³-hybridized carbons (Fsp3) is 0.375. The van der Waals surface area contributed by atoms with Crippen LogP contribution in [0.3, 0.4) is 0 Å². The van der Waals surface area contributed by atoms with E-state index in [1.54, 1.807) is 4.57 Å². The highest BCUT2D eigenvalue weighted by molar-refractivity contribution is 9.10.